The van der Waals surface area contributed by atoms with Gasteiger partial charge in [-0.05, 0) is 63.1 Å². The molecule has 138 valence electrons. The highest BCUT2D eigenvalue weighted by Crippen LogP contribution is 2.40. The Labute approximate surface area is 159 Å². The highest BCUT2D eigenvalue weighted by molar-refractivity contribution is 6.05. The maximum absolute atomic E-state index is 13.0. The second-order valence-corrected chi connectivity index (χ2v) is 7.36. The first-order valence-corrected chi connectivity index (χ1v) is 9.34. The first-order chi connectivity index (χ1) is 13.0. The fraction of sp³-hybridized carbons (Fsp3) is 0.261. The van der Waals surface area contributed by atoms with E-state index >= 15 is 0 Å². The lowest BCUT2D eigenvalue weighted by Crippen LogP contribution is -2.44. The van der Waals surface area contributed by atoms with Gasteiger partial charge in [-0.15, -0.1) is 0 Å². The Bertz CT molecular complexity index is 945. The predicted octanol–water partition coefficient (Wildman–Crippen LogP) is 5.49. The van der Waals surface area contributed by atoms with E-state index in [9.17, 15) is 4.79 Å². The lowest BCUT2D eigenvalue weighted by Gasteiger charge is -2.39. The van der Waals surface area contributed by atoms with Crippen LogP contribution in [-0.2, 0) is 0 Å². The first kappa shape index (κ1) is 17.4. The van der Waals surface area contributed by atoms with Crippen molar-refractivity contribution >= 4 is 17.3 Å². The van der Waals surface area contributed by atoms with Crippen molar-refractivity contribution in [2.45, 2.75) is 39.3 Å². The lowest BCUT2D eigenvalue weighted by atomic mass is 9.90. The van der Waals surface area contributed by atoms with E-state index in [-0.39, 0.29) is 18.0 Å². The Morgan fingerprint density at radius 3 is 2.52 bits per heavy atom. The van der Waals surface area contributed by atoms with Crippen molar-refractivity contribution in [3.05, 3.63) is 83.3 Å². The molecule has 0 aliphatic carbocycles. The number of furan rings is 1. The van der Waals surface area contributed by atoms with E-state index in [0.29, 0.717) is 5.76 Å². The van der Waals surface area contributed by atoms with Crippen LogP contribution in [0.4, 0.5) is 11.4 Å². The Morgan fingerprint density at radius 2 is 1.81 bits per heavy atom. The molecule has 3 aromatic rings. The van der Waals surface area contributed by atoms with Gasteiger partial charge < -0.3 is 14.6 Å². The van der Waals surface area contributed by atoms with E-state index in [0.717, 1.165) is 23.4 Å². The highest BCUT2D eigenvalue weighted by atomic mass is 16.3. The summed E-state index contributed by atoms with van der Waals surface area (Å²) in [6.07, 6.45) is 2.37. The van der Waals surface area contributed by atoms with E-state index in [1.165, 1.54) is 11.1 Å². The number of aryl methyl sites for hydroxylation is 2. The number of hydrogen-bond acceptors (Lipinski definition) is 3. The molecule has 0 fully saturated rings. The number of nitrogens with zero attached hydrogens (tertiary/aromatic N) is 1. The molecule has 4 rings (SSSR count). The SMILES string of the molecule is Cc1ccc(N[C@@H]2C[C@@H](C)N(C(=O)c3ccco3)c3ccc(C)cc32)cc1. The minimum atomic E-state index is -0.0913. The largest absolute Gasteiger partial charge is 0.459 e. The molecule has 0 unspecified atom stereocenters. The Morgan fingerprint density at radius 1 is 1.07 bits per heavy atom. The monoisotopic (exact) mass is 360 g/mol. The smallest absolute Gasteiger partial charge is 0.294 e. The van der Waals surface area contributed by atoms with Crippen LogP contribution in [0.25, 0.3) is 0 Å². The topological polar surface area (TPSA) is 45.5 Å². The zero-order chi connectivity index (χ0) is 19.0. The van der Waals surface area contributed by atoms with Gasteiger partial charge in [-0.3, -0.25) is 4.79 Å². The second-order valence-electron chi connectivity index (χ2n) is 7.36. The summed E-state index contributed by atoms with van der Waals surface area (Å²) in [7, 11) is 0. The summed E-state index contributed by atoms with van der Waals surface area (Å²) in [6, 6.07) is 18.4. The van der Waals surface area contributed by atoms with Gasteiger partial charge in [0, 0.05) is 17.4 Å². The number of carbonyl (C=O) groups excluding carboxylic acids is 1. The molecule has 0 saturated heterocycles. The van der Waals surface area contributed by atoms with E-state index < -0.39 is 0 Å². The Hall–Kier alpha value is -3.01. The number of amides is 1. The van der Waals surface area contributed by atoms with E-state index in [1.54, 1.807) is 18.4 Å². The lowest BCUT2D eigenvalue weighted by molar-refractivity contribution is 0.0947. The molecule has 0 radical (unpaired) electrons. The van der Waals surface area contributed by atoms with Crippen LogP contribution in [-0.4, -0.2) is 11.9 Å². The van der Waals surface area contributed by atoms with Crippen LogP contribution in [0.15, 0.2) is 65.3 Å². The van der Waals surface area contributed by atoms with Crippen LogP contribution < -0.4 is 10.2 Å². The van der Waals surface area contributed by atoms with Crippen LogP contribution in [0, 0.1) is 13.8 Å². The molecule has 0 saturated carbocycles. The number of carbonyl (C=O) groups is 1. The number of hydrogen-bond donors (Lipinski definition) is 1. The van der Waals surface area contributed by atoms with Gasteiger partial charge in [-0.1, -0.05) is 35.4 Å². The summed E-state index contributed by atoms with van der Waals surface area (Å²) in [5, 5.41) is 3.65. The number of nitrogens with one attached hydrogen (secondary N) is 1. The van der Waals surface area contributed by atoms with E-state index in [1.807, 2.05) is 11.0 Å². The average molecular weight is 360 g/mol. The molecule has 27 heavy (non-hydrogen) atoms. The molecule has 1 aromatic heterocycles. The van der Waals surface area contributed by atoms with Gasteiger partial charge in [0.05, 0.1) is 12.3 Å². The van der Waals surface area contributed by atoms with Crippen molar-refractivity contribution in [3.63, 3.8) is 0 Å². The molecule has 1 amide bonds. The van der Waals surface area contributed by atoms with Crippen molar-refractivity contribution < 1.29 is 9.21 Å². The fourth-order valence-electron chi connectivity index (χ4n) is 3.80. The van der Waals surface area contributed by atoms with Crippen molar-refractivity contribution in [2.75, 3.05) is 10.2 Å². The second kappa shape index (κ2) is 6.95. The third-order valence-electron chi connectivity index (χ3n) is 5.18. The normalized spacial score (nSPS) is 18.9. The molecular weight excluding hydrogens is 336 g/mol. The molecule has 4 heteroatoms. The first-order valence-electron chi connectivity index (χ1n) is 9.34. The third-order valence-corrected chi connectivity index (χ3v) is 5.18. The van der Waals surface area contributed by atoms with Crippen LogP contribution in [0.1, 0.15) is 46.6 Å². The van der Waals surface area contributed by atoms with Crippen LogP contribution in [0.2, 0.25) is 0 Å². The van der Waals surface area contributed by atoms with Gasteiger partial charge in [-0.2, -0.15) is 0 Å². The van der Waals surface area contributed by atoms with Crippen molar-refractivity contribution in [1.82, 2.24) is 0 Å². The number of rotatable bonds is 3. The average Bonchev–Trinajstić information content (AvgIpc) is 3.18. The molecule has 4 nitrogen and oxygen atoms in total. The van der Waals surface area contributed by atoms with Gasteiger partial charge in [0.15, 0.2) is 5.76 Å². The maximum Gasteiger partial charge on any atom is 0.294 e. The summed E-state index contributed by atoms with van der Waals surface area (Å²) in [6.45, 7) is 6.26. The number of benzene rings is 2. The number of anilines is 2. The zero-order valence-corrected chi connectivity index (χ0v) is 15.9. The van der Waals surface area contributed by atoms with Crippen molar-refractivity contribution in [2.24, 2.45) is 0 Å². The summed E-state index contributed by atoms with van der Waals surface area (Å²) >= 11 is 0. The quantitative estimate of drug-likeness (QED) is 0.672. The minimum Gasteiger partial charge on any atom is -0.459 e. The summed E-state index contributed by atoms with van der Waals surface area (Å²) in [4.78, 5) is 14.9. The highest BCUT2D eigenvalue weighted by Gasteiger charge is 2.35. The molecular formula is C23H24N2O2. The van der Waals surface area contributed by atoms with Crippen LogP contribution in [0.5, 0.6) is 0 Å². The minimum absolute atomic E-state index is 0.0563. The maximum atomic E-state index is 13.0. The third kappa shape index (κ3) is 3.35. The van der Waals surface area contributed by atoms with Gasteiger partial charge in [0.2, 0.25) is 0 Å². The Balaban J connectivity index is 1.71. The fourth-order valence-corrected chi connectivity index (χ4v) is 3.80. The standard InChI is InChI=1S/C23H24N2O2/c1-15-6-9-18(10-7-15)24-20-14-17(3)25(23(26)22-5-4-12-27-22)21-11-8-16(2)13-19(20)21/h4-13,17,20,24H,14H2,1-3H3/t17-,20-/m1/s1. The molecule has 1 N–H and O–H groups in total. The summed E-state index contributed by atoms with van der Waals surface area (Å²) in [5.74, 6) is 0.282. The molecule has 0 spiro atoms. The zero-order valence-electron chi connectivity index (χ0n) is 15.9. The van der Waals surface area contributed by atoms with Gasteiger partial charge in [0.25, 0.3) is 5.91 Å². The van der Waals surface area contributed by atoms with Gasteiger partial charge in [-0.25, -0.2) is 0 Å². The Kier molecular flexibility index (Phi) is 4.48. The predicted molar refractivity (Wildman–Crippen MR) is 108 cm³/mol. The number of fused-ring (bicyclic) bond motifs is 1. The van der Waals surface area contributed by atoms with E-state index in [2.05, 4.69) is 62.5 Å². The molecule has 2 aromatic carbocycles. The molecule has 0 bridgehead atoms. The van der Waals surface area contributed by atoms with Gasteiger partial charge in [0.1, 0.15) is 0 Å². The molecule has 1 aliphatic rings. The molecule has 2 atom stereocenters. The molecule has 2 heterocycles. The van der Waals surface area contributed by atoms with Gasteiger partial charge >= 0.3 is 0 Å². The summed E-state index contributed by atoms with van der Waals surface area (Å²) in [5.41, 5.74) is 5.61. The molecule has 1 aliphatic heterocycles. The van der Waals surface area contributed by atoms with E-state index in [4.69, 9.17) is 4.42 Å². The van der Waals surface area contributed by atoms with Crippen molar-refractivity contribution in [1.29, 1.82) is 0 Å². The van der Waals surface area contributed by atoms with Crippen LogP contribution in [0.3, 0.4) is 0 Å². The van der Waals surface area contributed by atoms with Crippen LogP contribution >= 0.6 is 0 Å². The van der Waals surface area contributed by atoms with Crippen molar-refractivity contribution in [3.8, 4) is 0 Å². The summed E-state index contributed by atoms with van der Waals surface area (Å²) < 4.78 is 5.36.